The van der Waals surface area contributed by atoms with Crippen LogP contribution in [0.5, 0.6) is 0 Å². The lowest BCUT2D eigenvalue weighted by Crippen LogP contribution is -2.39. The van der Waals surface area contributed by atoms with Gasteiger partial charge in [-0.05, 0) is 6.07 Å². The van der Waals surface area contributed by atoms with Crippen LogP contribution in [-0.2, 0) is 9.59 Å². The minimum atomic E-state index is -1.21. The van der Waals surface area contributed by atoms with Gasteiger partial charge in [0.1, 0.15) is 6.54 Å². The zero-order valence-corrected chi connectivity index (χ0v) is 10.2. The number of nitrogens with zero attached hydrogens (tertiary/aromatic N) is 1. The minimum absolute atomic E-state index is 0.0326. The van der Waals surface area contributed by atoms with Crippen LogP contribution in [0, 0.1) is 10.1 Å². The van der Waals surface area contributed by atoms with Gasteiger partial charge in [-0.2, -0.15) is 0 Å². The molecule has 1 rings (SSSR count). The van der Waals surface area contributed by atoms with Crippen molar-refractivity contribution >= 4 is 23.5 Å². The Bertz CT molecular complexity index is 557. The number of rotatable bonds is 6. The fourth-order valence-corrected chi connectivity index (χ4v) is 1.26. The Hall–Kier alpha value is -2.97. The van der Waals surface area contributed by atoms with Crippen molar-refractivity contribution in [2.75, 3.05) is 13.1 Å². The normalized spacial score (nSPS) is 9.60. The third-order valence-electron chi connectivity index (χ3n) is 2.17. The molecule has 0 aromatic heterocycles. The summed E-state index contributed by atoms with van der Waals surface area (Å²) in [4.78, 5) is 42.9. The van der Waals surface area contributed by atoms with Crippen LogP contribution in [0.4, 0.5) is 5.69 Å². The first-order valence-electron chi connectivity index (χ1n) is 5.41. The molecule has 0 spiro atoms. The van der Waals surface area contributed by atoms with Crippen LogP contribution in [0.2, 0.25) is 0 Å². The molecule has 0 saturated heterocycles. The molecule has 0 aliphatic carbocycles. The number of nitro benzene ring substituents is 1. The Morgan fingerprint density at radius 2 is 1.90 bits per heavy atom. The quantitative estimate of drug-likeness (QED) is 0.475. The van der Waals surface area contributed by atoms with E-state index < -0.39 is 35.8 Å². The van der Waals surface area contributed by atoms with Gasteiger partial charge in [-0.15, -0.1) is 0 Å². The Labute approximate surface area is 112 Å². The summed E-state index contributed by atoms with van der Waals surface area (Å²) in [6, 6.07) is 5.01. The van der Waals surface area contributed by atoms with E-state index >= 15 is 0 Å². The van der Waals surface area contributed by atoms with E-state index in [9.17, 15) is 24.5 Å². The number of carboxylic acids is 1. The van der Waals surface area contributed by atoms with Crippen molar-refractivity contribution in [1.29, 1.82) is 0 Å². The number of hydrogen-bond acceptors (Lipinski definition) is 5. The molecule has 1 aromatic rings. The maximum absolute atomic E-state index is 11.6. The van der Waals surface area contributed by atoms with Crippen LogP contribution in [0.15, 0.2) is 24.3 Å². The molecule has 0 bridgehead atoms. The number of nitro groups is 1. The third kappa shape index (κ3) is 4.72. The second-order valence-corrected chi connectivity index (χ2v) is 3.66. The van der Waals surface area contributed by atoms with Gasteiger partial charge in [0.05, 0.1) is 11.5 Å². The van der Waals surface area contributed by atoms with Crippen LogP contribution >= 0.6 is 0 Å². The number of amides is 2. The zero-order valence-electron chi connectivity index (χ0n) is 10.2. The summed E-state index contributed by atoms with van der Waals surface area (Å²) in [6.45, 7) is -0.972. The zero-order chi connectivity index (χ0) is 15.1. The summed E-state index contributed by atoms with van der Waals surface area (Å²) in [5.41, 5.74) is -0.210. The molecule has 0 radical (unpaired) electrons. The van der Waals surface area contributed by atoms with Gasteiger partial charge in [-0.1, -0.05) is 6.07 Å². The molecule has 3 N–H and O–H groups in total. The Kier molecular flexibility index (Phi) is 5.15. The van der Waals surface area contributed by atoms with Crippen LogP contribution in [0.25, 0.3) is 0 Å². The lowest BCUT2D eigenvalue weighted by atomic mass is 10.2. The maximum Gasteiger partial charge on any atom is 0.322 e. The van der Waals surface area contributed by atoms with Gasteiger partial charge in [0.15, 0.2) is 0 Å². The molecule has 2 amide bonds. The fourth-order valence-electron chi connectivity index (χ4n) is 1.26. The van der Waals surface area contributed by atoms with E-state index in [0.717, 1.165) is 6.07 Å². The maximum atomic E-state index is 11.6. The first kappa shape index (κ1) is 15.1. The highest BCUT2D eigenvalue weighted by molar-refractivity contribution is 5.97. The van der Waals surface area contributed by atoms with Crippen molar-refractivity contribution < 1.29 is 24.4 Å². The molecule has 0 fully saturated rings. The Morgan fingerprint density at radius 3 is 2.50 bits per heavy atom. The van der Waals surface area contributed by atoms with E-state index in [4.69, 9.17) is 5.11 Å². The smallest absolute Gasteiger partial charge is 0.322 e. The number of benzene rings is 1. The third-order valence-corrected chi connectivity index (χ3v) is 2.17. The summed E-state index contributed by atoms with van der Waals surface area (Å²) in [5.74, 6) is -2.55. The number of carbonyl (C=O) groups is 3. The predicted octanol–water partition coefficient (Wildman–Crippen LogP) is -0.475. The molecule has 9 heteroatoms. The van der Waals surface area contributed by atoms with Crippen LogP contribution in [-0.4, -0.2) is 40.9 Å². The van der Waals surface area contributed by atoms with Gasteiger partial charge in [0.25, 0.3) is 11.6 Å². The molecular formula is C11H11N3O6. The Morgan fingerprint density at radius 1 is 1.20 bits per heavy atom. The standard InChI is InChI=1S/C11H11N3O6/c15-9(12-6-10(16)17)5-13-11(18)7-2-1-3-8(4-7)14(19)20/h1-4H,5-6H2,(H,12,15)(H,13,18)(H,16,17). The number of nitrogens with one attached hydrogen (secondary N) is 2. The molecular weight excluding hydrogens is 270 g/mol. The monoisotopic (exact) mass is 281 g/mol. The molecule has 0 saturated carbocycles. The number of non-ortho nitro benzene ring substituents is 1. The molecule has 0 aliphatic rings. The molecule has 1 aromatic carbocycles. The van der Waals surface area contributed by atoms with Crippen molar-refractivity contribution in [3.63, 3.8) is 0 Å². The van der Waals surface area contributed by atoms with Crippen molar-refractivity contribution in [3.8, 4) is 0 Å². The van der Waals surface area contributed by atoms with Gasteiger partial charge in [-0.25, -0.2) is 0 Å². The molecule has 20 heavy (non-hydrogen) atoms. The molecule has 106 valence electrons. The fraction of sp³-hybridized carbons (Fsp3) is 0.182. The van der Waals surface area contributed by atoms with E-state index in [1.165, 1.54) is 18.2 Å². The van der Waals surface area contributed by atoms with E-state index in [1.807, 2.05) is 0 Å². The molecule has 0 heterocycles. The SMILES string of the molecule is O=C(O)CNC(=O)CNC(=O)c1cccc([N+](=O)[O-])c1. The highest BCUT2D eigenvalue weighted by Gasteiger charge is 2.12. The van der Waals surface area contributed by atoms with Gasteiger partial charge in [0.2, 0.25) is 5.91 Å². The van der Waals surface area contributed by atoms with Crippen LogP contribution < -0.4 is 10.6 Å². The predicted molar refractivity (Wildman–Crippen MR) is 66.1 cm³/mol. The number of aliphatic carboxylic acids is 1. The Balaban J connectivity index is 2.54. The molecule has 9 nitrogen and oxygen atoms in total. The van der Waals surface area contributed by atoms with Crippen molar-refractivity contribution in [2.45, 2.75) is 0 Å². The lowest BCUT2D eigenvalue weighted by molar-refractivity contribution is -0.384. The van der Waals surface area contributed by atoms with E-state index in [-0.39, 0.29) is 11.3 Å². The highest BCUT2D eigenvalue weighted by Crippen LogP contribution is 2.12. The first-order valence-corrected chi connectivity index (χ1v) is 5.41. The summed E-state index contributed by atoms with van der Waals surface area (Å²) < 4.78 is 0. The molecule has 0 aliphatic heterocycles. The second-order valence-electron chi connectivity index (χ2n) is 3.66. The van der Waals surface area contributed by atoms with E-state index in [0.29, 0.717) is 0 Å². The van der Waals surface area contributed by atoms with Gasteiger partial charge >= 0.3 is 5.97 Å². The number of hydrogen-bond donors (Lipinski definition) is 3. The van der Waals surface area contributed by atoms with Crippen LogP contribution in [0.3, 0.4) is 0 Å². The largest absolute Gasteiger partial charge is 0.480 e. The number of carboxylic acid groups (broad SMARTS) is 1. The molecule has 0 atom stereocenters. The van der Waals surface area contributed by atoms with Crippen molar-refractivity contribution in [2.24, 2.45) is 0 Å². The van der Waals surface area contributed by atoms with Gasteiger partial charge in [0, 0.05) is 17.7 Å². The average Bonchev–Trinajstić information content (AvgIpc) is 2.42. The minimum Gasteiger partial charge on any atom is -0.480 e. The van der Waals surface area contributed by atoms with Crippen LogP contribution in [0.1, 0.15) is 10.4 Å². The summed E-state index contributed by atoms with van der Waals surface area (Å²) in [5, 5.41) is 23.2. The second kappa shape index (κ2) is 6.83. The van der Waals surface area contributed by atoms with Gasteiger partial charge in [-0.3, -0.25) is 24.5 Å². The van der Waals surface area contributed by atoms with Crippen molar-refractivity contribution in [1.82, 2.24) is 10.6 Å². The van der Waals surface area contributed by atoms with E-state index in [2.05, 4.69) is 10.6 Å². The van der Waals surface area contributed by atoms with Gasteiger partial charge < -0.3 is 15.7 Å². The lowest BCUT2D eigenvalue weighted by Gasteiger charge is -2.05. The van der Waals surface area contributed by atoms with Crippen molar-refractivity contribution in [3.05, 3.63) is 39.9 Å². The summed E-state index contributed by atoms with van der Waals surface area (Å²) >= 11 is 0. The van der Waals surface area contributed by atoms with E-state index in [1.54, 1.807) is 0 Å². The first-order chi connectivity index (χ1) is 9.40. The number of carbonyl (C=O) groups excluding carboxylic acids is 2. The summed E-state index contributed by atoms with van der Waals surface area (Å²) in [6.07, 6.45) is 0. The molecule has 0 unspecified atom stereocenters. The average molecular weight is 281 g/mol. The topological polar surface area (TPSA) is 139 Å². The summed E-state index contributed by atoms with van der Waals surface area (Å²) in [7, 11) is 0. The highest BCUT2D eigenvalue weighted by atomic mass is 16.6.